The van der Waals surface area contributed by atoms with Gasteiger partial charge in [0, 0.05) is 0 Å². The molecule has 0 spiro atoms. The van der Waals surface area contributed by atoms with Gasteiger partial charge in [0.2, 0.25) is 0 Å². The predicted octanol–water partition coefficient (Wildman–Crippen LogP) is 1.97. The molecule has 1 amide bonds. The van der Waals surface area contributed by atoms with Crippen LogP contribution in [0.1, 0.15) is 26.7 Å². The van der Waals surface area contributed by atoms with E-state index in [1.807, 2.05) is 13.2 Å². The summed E-state index contributed by atoms with van der Waals surface area (Å²) >= 11 is 1.67. The molecule has 2 atom stereocenters. The van der Waals surface area contributed by atoms with Crippen LogP contribution in [0.5, 0.6) is 0 Å². The third-order valence-electron chi connectivity index (χ3n) is 2.48. The molecule has 0 aromatic carbocycles. The van der Waals surface area contributed by atoms with Crippen molar-refractivity contribution in [1.29, 1.82) is 0 Å². The largest absolute Gasteiger partial charge is 0.480 e. The molecule has 0 unspecified atom stereocenters. The standard InChI is InChI=1S/C11H21NO4S/c1-4-8(2)9(10(13)14)12-11(15)16-6-5-7-17-3/h8-9H,4-7H2,1-3H3,(H,12,15)(H,13,14)/t8-,9-/m0/s1. The minimum absolute atomic E-state index is 0.119. The number of aliphatic carboxylic acids is 1. The maximum Gasteiger partial charge on any atom is 0.407 e. The van der Waals surface area contributed by atoms with Gasteiger partial charge in [-0.25, -0.2) is 9.59 Å². The van der Waals surface area contributed by atoms with Gasteiger partial charge in [-0.2, -0.15) is 11.8 Å². The highest BCUT2D eigenvalue weighted by Gasteiger charge is 2.25. The summed E-state index contributed by atoms with van der Waals surface area (Å²) in [5.41, 5.74) is 0. The number of carboxylic acids is 1. The third kappa shape index (κ3) is 7.10. The Kier molecular flexibility index (Phi) is 8.66. The van der Waals surface area contributed by atoms with Gasteiger partial charge in [0.05, 0.1) is 6.61 Å². The van der Waals surface area contributed by atoms with Gasteiger partial charge in [0.1, 0.15) is 6.04 Å². The first-order valence-electron chi connectivity index (χ1n) is 5.67. The van der Waals surface area contributed by atoms with E-state index in [4.69, 9.17) is 9.84 Å². The van der Waals surface area contributed by atoms with Crippen molar-refractivity contribution in [2.24, 2.45) is 5.92 Å². The summed E-state index contributed by atoms with van der Waals surface area (Å²) in [7, 11) is 0. The molecule has 0 aliphatic heterocycles. The van der Waals surface area contributed by atoms with Crippen LogP contribution in [0.3, 0.4) is 0 Å². The Hall–Kier alpha value is -0.910. The first-order chi connectivity index (χ1) is 8.02. The normalized spacial score (nSPS) is 13.8. The van der Waals surface area contributed by atoms with Gasteiger partial charge in [-0.3, -0.25) is 0 Å². The molecule has 0 fully saturated rings. The van der Waals surface area contributed by atoms with Gasteiger partial charge in [0.25, 0.3) is 0 Å². The predicted molar refractivity (Wildman–Crippen MR) is 68.4 cm³/mol. The average molecular weight is 263 g/mol. The fourth-order valence-electron chi connectivity index (χ4n) is 1.22. The highest BCUT2D eigenvalue weighted by molar-refractivity contribution is 7.98. The minimum atomic E-state index is -1.03. The van der Waals surface area contributed by atoms with Gasteiger partial charge < -0.3 is 15.2 Å². The Bertz CT molecular complexity index is 248. The van der Waals surface area contributed by atoms with Crippen molar-refractivity contribution in [3.8, 4) is 0 Å². The van der Waals surface area contributed by atoms with Crippen molar-refractivity contribution in [2.75, 3.05) is 18.6 Å². The number of carboxylic acid groups (broad SMARTS) is 1. The molecular formula is C11H21NO4S. The lowest BCUT2D eigenvalue weighted by Crippen LogP contribution is -2.45. The van der Waals surface area contributed by atoms with Gasteiger partial charge in [0.15, 0.2) is 0 Å². The fraction of sp³-hybridized carbons (Fsp3) is 0.818. The van der Waals surface area contributed by atoms with Crippen molar-refractivity contribution in [3.63, 3.8) is 0 Å². The van der Waals surface area contributed by atoms with Crippen LogP contribution in [-0.2, 0) is 9.53 Å². The van der Waals surface area contributed by atoms with Crippen LogP contribution in [0.4, 0.5) is 4.79 Å². The zero-order chi connectivity index (χ0) is 13.3. The molecule has 5 nitrogen and oxygen atoms in total. The summed E-state index contributed by atoms with van der Waals surface area (Å²) in [6, 6.07) is -0.881. The van der Waals surface area contributed by atoms with Gasteiger partial charge in [-0.15, -0.1) is 0 Å². The second-order valence-corrected chi connectivity index (χ2v) is 4.81. The molecule has 0 aliphatic rings. The zero-order valence-electron chi connectivity index (χ0n) is 10.6. The molecule has 0 aliphatic carbocycles. The summed E-state index contributed by atoms with van der Waals surface area (Å²) in [6.07, 6.45) is 2.78. The lowest BCUT2D eigenvalue weighted by Gasteiger charge is -2.19. The zero-order valence-corrected chi connectivity index (χ0v) is 11.4. The number of hydrogen-bond acceptors (Lipinski definition) is 4. The number of ether oxygens (including phenoxy) is 1. The summed E-state index contributed by atoms with van der Waals surface area (Å²) in [5.74, 6) is -0.229. The lowest BCUT2D eigenvalue weighted by atomic mass is 10.00. The van der Waals surface area contributed by atoms with Crippen molar-refractivity contribution < 1.29 is 19.4 Å². The number of carbonyl (C=O) groups is 2. The van der Waals surface area contributed by atoms with Crippen LogP contribution in [-0.4, -0.2) is 41.8 Å². The molecule has 0 rings (SSSR count). The molecule has 0 aromatic heterocycles. The Morgan fingerprint density at radius 3 is 2.59 bits per heavy atom. The van der Waals surface area contributed by atoms with Crippen LogP contribution in [0.15, 0.2) is 0 Å². The van der Waals surface area contributed by atoms with E-state index < -0.39 is 18.1 Å². The first kappa shape index (κ1) is 16.1. The van der Waals surface area contributed by atoms with Crippen LogP contribution >= 0.6 is 11.8 Å². The van der Waals surface area contributed by atoms with Crippen molar-refractivity contribution in [3.05, 3.63) is 0 Å². The molecule has 100 valence electrons. The Balaban J connectivity index is 4.00. The lowest BCUT2D eigenvalue weighted by molar-refractivity contribution is -0.140. The first-order valence-corrected chi connectivity index (χ1v) is 7.07. The Morgan fingerprint density at radius 1 is 1.47 bits per heavy atom. The SMILES string of the molecule is CC[C@H](C)[C@H](NC(=O)OCCCSC)C(=O)O. The highest BCUT2D eigenvalue weighted by Crippen LogP contribution is 2.08. The smallest absolute Gasteiger partial charge is 0.407 e. The van der Waals surface area contributed by atoms with Gasteiger partial charge in [-0.05, 0) is 24.3 Å². The molecule has 2 N–H and O–H groups in total. The van der Waals surface area contributed by atoms with E-state index in [0.717, 1.165) is 12.2 Å². The monoisotopic (exact) mass is 263 g/mol. The molecule has 6 heteroatoms. The Morgan fingerprint density at radius 2 is 2.12 bits per heavy atom. The number of nitrogens with one attached hydrogen (secondary N) is 1. The molecule has 0 aromatic rings. The highest BCUT2D eigenvalue weighted by atomic mass is 32.2. The topological polar surface area (TPSA) is 75.6 Å². The number of thioether (sulfide) groups is 1. The summed E-state index contributed by atoms with van der Waals surface area (Å²) in [5, 5.41) is 11.3. The maximum atomic E-state index is 11.3. The summed E-state index contributed by atoms with van der Waals surface area (Å²) in [6.45, 7) is 3.98. The van der Waals surface area contributed by atoms with Crippen molar-refractivity contribution in [1.82, 2.24) is 5.32 Å². The molecule has 0 bridgehead atoms. The molecule has 17 heavy (non-hydrogen) atoms. The molecular weight excluding hydrogens is 242 g/mol. The summed E-state index contributed by atoms with van der Waals surface area (Å²) in [4.78, 5) is 22.3. The number of rotatable bonds is 8. The molecule has 0 saturated heterocycles. The van der Waals surface area contributed by atoms with E-state index in [1.54, 1.807) is 18.7 Å². The van der Waals surface area contributed by atoms with Crippen molar-refractivity contribution >= 4 is 23.8 Å². The van der Waals surface area contributed by atoms with Crippen LogP contribution in [0, 0.1) is 5.92 Å². The average Bonchev–Trinajstić information content (AvgIpc) is 2.30. The molecule has 0 radical (unpaired) electrons. The van der Waals surface area contributed by atoms with E-state index in [1.165, 1.54) is 0 Å². The van der Waals surface area contributed by atoms with E-state index in [2.05, 4.69) is 5.32 Å². The van der Waals surface area contributed by atoms with E-state index in [-0.39, 0.29) is 5.92 Å². The number of hydrogen-bond donors (Lipinski definition) is 2. The molecule has 0 heterocycles. The van der Waals surface area contributed by atoms with Gasteiger partial charge >= 0.3 is 12.1 Å². The maximum absolute atomic E-state index is 11.3. The fourth-order valence-corrected chi connectivity index (χ4v) is 1.63. The van der Waals surface area contributed by atoms with Crippen LogP contribution in [0.2, 0.25) is 0 Å². The van der Waals surface area contributed by atoms with E-state index in [0.29, 0.717) is 13.0 Å². The molecule has 0 saturated carbocycles. The summed E-state index contributed by atoms with van der Waals surface area (Å²) < 4.78 is 4.89. The second-order valence-electron chi connectivity index (χ2n) is 3.83. The number of carbonyl (C=O) groups excluding carboxylic acids is 1. The minimum Gasteiger partial charge on any atom is -0.480 e. The second kappa shape index (κ2) is 9.15. The van der Waals surface area contributed by atoms with Gasteiger partial charge in [-0.1, -0.05) is 20.3 Å². The van der Waals surface area contributed by atoms with E-state index >= 15 is 0 Å². The van der Waals surface area contributed by atoms with Crippen LogP contribution < -0.4 is 5.32 Å². The van der Waals surface area contributed by atoms with Crippen LogP contribution in [0.25, 0.3) is 0 Å². The number of amides is 1. The third-order valence-corrected chi connectivity index (χ3v) is 3.18. The Labute approximate surface area is 106 Å². The number of alkyl carbamates (subject to hydrolysis) is 1. The van der Waals surface area contributed by atoms with E-state index in [9.17, 15) is 9.59 Å². The quantitative estimate of drug-likeness (QED) is 0.655. The van der Waals surface area contributed by atoms with Crippen molar-refractivity contribution in [2.45, 2.75) is 32.7 Å².